The van der Waals surface area contributed by atoms with Crippen LogP contribution in [-0.2, 0) is 26.2 Å². The molecule has 4 amide bonds. The molecule has 4 rings (SSSR count). The fourth-order valence-corrected chi connectivity index (χ4v) is 5.92. The third-order valence-electron chi connectivity index (χ3n) is 5.58. The highest BCUT2D eigenvalue weighted by Crippen LogP contribution is 2.21. The van der Waals surface area contributed by atoms with Gasteiger partial charge in [-0.1, -0.05) is 23.8 Å². The van der Waals surface area contributed by atoms with Crippen molar-refractivity contribution < 1.29 is 22.8 Å². The monoisotopic (exact) mass is 476 g/mol. The van der Waals surface area contributed by atoms with Gasteiger partial charge in [0.2, 0.25) is 10.0 Å². The summed E-state index contributed by atoms with van der Waals surface area (Å²) in [5, 5.41) is 1.84. The molecule has 0 N–H and O–H groups in total. The molecule has 2 aliphatic rings. The largest absolute Gasteiger partial charge is 0.335 e. The number of hydrogen-bond donors (Lipinski definition) is 0. The molecule has 32 heavy (non-hydrogen) atoms. The number of aryl methyl sites for hydroxylation is 1. The highest BCUT2D eigenvalue weighted by Gasteiger charge is 2.45. The quantitative estimate of drug-likeness (QED) is 0.465. The van der Waals surface area contributed by atoms with Crippen LogP contribution in [0.25, 0.3) is 0 Å². The molecule has 3 heterocycles. The highest BCUT2D eigenvalue weighted by molar-refractivity contribution is 7.89. The van der Waals surface area contributed by atoms with Crippen molar-refractivity contribution in [2.45, 2.75) is 24.8 Å². The number of sulfonamides is 1. The predicted octanol–water partition coefficient (Wildman–Crippen LogP) is 1.70. The van der Waals surface area contributed by atoms with Gasteiger partial charge in [0.05, 0.1) is 18.1 Å². The summed E-state index contributed by atoms with van der Waals surface area (Å²) in [5.74, 6) is -1.68. The van der Waals surface area contributed by atoms with Crippen molar-refractivity contribution in [1.29, 1.82) is 0 Å². The van der Waals surface area contributed by atoms with E-state index in [4.69, 9.17) is 0 Å². The summed E-state index contributed by atoms with van der Waals surface area (Å²) in [6, 6.07) is 9.71. The Hall–Kier alpha value is -2.60. The van der Waals surface area contributed by atoms with Crippen molar-refractivity contribution in [1.82, 2.24) is 19.0 Å². The minimum atomic E-state index is -3.62. The number of carbonyl (C=O) groups is 3. The topological polar surface area (TPSA) is 98.3 Å². The van der Waals surface area contributed by atoms with Crippen LogP contribution in [0.1, 0.15) is 16.9 Å². The maximum atomic E-state index is 13.0. The molecule has 9 nitrogen and oxygen atoms in total. The van der Waals surface area contributed by atoms with E-state index in [1.54, 1.807) is 30.3 Å². The van der Waals surface area contributed by atoms with Crippen molar-refractivity contribution >= 4 is 39.2 Å². The average molecular weight is 477 g/mol. The minimum absolute atomic E-state index is 0.0389. The maximum Gasteiger partial charge on any atom is 0.335 e. The van der Waals surface area contributed by atoms with E-state index in [1.165, 1.54) is 15.6 Å². The Kier molecular flexibility index (Phi) is 6.42. The molecule has 1 aromatic carbocycles. The molecular formula is C21H24N4O5S2. The van der Waals surface area contributed by atoms with Crippen LogP contribution in [0.15, 0.2) is 46.7 Å². The van der Waals surface area contributed by atoms with Gasteiger partial charge in [0.1, 0.15) is 0 Å². The smallest absolute Gasteiger partial charge is 0.284 e. The van der Waals surface area contributed by atoms with Gasteiger partial charge in [0, 0.05) is 31.1 Å². The molecule has 0 radical (unpaired) electrons. The molecule has 170 valence electrons. The number of hydrogen-bond acceptors (Lipinski definition) is 7. The van der Waals surface area contributed by atoms with E-state index in [1.807, 2.05) is 23.3 Å². The summed E-state index contributed by atoms with van der Waals surface area (Å²) < 4.78 is 27.4. The van der Waals surface area contributed by atoms with Crippen molar-refractivity contribution in [3.63, 3.8) is 0 Å². The van der Waals surface area contributed by atoms with E-state index >= 15 is 0 Å². The summed E-state index contributed by atoms with van der Waals surface area (Å²) in [5.41, 5.74) is 0.980. The van der Waals surface area contributed by atoms with E-state index < -0.39 is 27.9 Å². The van der Waals surface area contributed by atoms with Gasteiger partial charge in [-0.2, -0.15) is 4.31 Å². The lowest BCUT2D eigenvalue weighted by atomic mass is 10.2. The first-order valence-corrected chi connectivity index (χ1v) is 12.6. The van der Waals surface area contributed by atoms with Gasteiger partial charge in [0.15, 0.2) is 0 Å². The fraction of sp³-hybridized carbons (Fsp3) is 0.381. The zero-order valence-corrected chi connectivity index (χ0v) is 19.3. The molecule has 0 spiro atoms. The Morgan fingerprint density at radius 1 is 0.906 bits per heavy atom. The van der Waals surface area contributed by atoms with Crippen LogP contribution < -0.4 is 0 Å². The minimum Gasteiger partial charge on any atom is -0.284 e. The molecule has 0 atom stereocenters. The van der Waals surface area contributed by atoms with Crippen LogP contribution in [0, 0.1) is 6.92 Å². The Morgan fingerprint density at radius 2 is 1.62 bits per heavy atom. The Morgan fingerprint density at radius 3 is 2.31 bits per heavy atom. The van der Waals surface area contributed by atoms with Crippen LogP contribution in [-0.4, -0.2) is 78.1 Å². The lowest BCUT2D eigenvalue weighted by Gasteiger charge is -2.25. The van der Waals surface area contributed by atoms with Crippen LogP contribution in [0.4, 0.5) is 4.79 Å². The van der Waals surface area contributed by atoms with E-state index in [9.17, 15) is 22.8 Å². The summed E-state index contributed by atoms with van der Waals surface area (Å²) in [6.07, 6.45) is 0.550. The van der Waals surface area contributed by atoms with Crippen LogP contribution in [0.3, 0.4) is 0 Å². The van der Waals surface area contributed by atoms with Crippen LogP contribution >= 0.6 is 11.3 Å². The maximum absolute atomic E-state index is 13.0. The number of rotatable bonds is 6. The summed E-state index contributed by atoms with van der Waals surface area (Å²) in [7, 11) is -3.62. The molecule has 2 fully saturated rings. The molecule has 2 saturated heterocycles. The third kappa shape index (κ3) is 4.46. The SMILES string of the molecule is Cc1ccc(S(=O)(=O)N2CCCN(CN3C(=O)C(=O)N(Cc4cccs4)C3=O)CC2)cc1. The first-order valence-electron chi connectivity index (χ1n) is 10.3. The van der Waals surface area contributed by atoms with Crippen LogP contribution in [0.5, 0.6) is 0 Å². The molecule has 0 aliphatic carbocycles. The second-order valence-electron chi connectivity index (χ2n) is 7.82. The molecule has 0 bridgehead atoms. The first-order chi connectivity index (χ1) is 15.3. The van der Waals surface area contributed by atoms with E-state index in [0.29, 0.717) is 26.1 Å². The van der Waals surface area contributed by atoms with Gasteiger partial charge in [-0.15, -0.1) is 11.3 Å². The molecule has 0 saturated carbocycles. The number of amides is 4. The predicted molar refractivity (Wildman–Crippen MR) is 118 cm³/mol. The lowest BCUT2D eigenvalue weighted by molar-refractivity contribution is -0.144. The van der Waals surface area contributed by atoms with Gasteiger partial charge in [0.25, 0.3) is 0 Å². The summed E-state index contributed by atoms with van der Waals surface area (Å²) in [4.78, 5) is 42.3. The van der Waals surface area contributed by atoms with Crippen molar-refractivity contribution in [2.75, 3.05) is 32.8 Å². The normalized spacial score (nSPS) is 19.1. The second-order valence-corrected chi connectivity index (χ2v) is 10.8. The zero-order chi connectivity index (χ0) is 22.9. The number of thiophene rings is 1. The van der Waals surface area contributed by atoms with E-state index in [2.05, 4.69) is 0 Å². The molecular weight excluding hydrogens is 452 g/mol. The number of imide groups is 2. The fourth-order valence-electron chi connectivity index (χ4n) is 3.76. The summed E-state index contributed by atoms with van der Waals surface area (Å²) in [6.45, 7) is 3.37. The average Bonchev–Trinajstić information content (AvgIpc) is 3.25. The Bertz CT molecular complexity index is 1120. The van der Waals surface area contributed by atoms with E-state index in [-0.39, 0.29) is 24.7 Å². The van der Waals surface area contributed by atoms with Gasteiger partial charge in [-0.25, -0.2) is 18.1 Å². The number of urea groups is 1. The Labute approximate surface area is 190 Å². The molecule has 2 aromatic rings. The molecule has 0 unspecified atom stereocenters. The van der Waals surface area contributed by atoms with Gasteiger partial charge < -0.3 is 0 Å². The lowest BCUT2D eigenvalue weighted by Crippen LogP contribution is -2.44. The van der Waals surface area contributed by atoms with E-state index in [0.717, 1.165) is 20.2 Å². The van der Waals surface area contributed by atoms with Crippen LogP contribution in [0.2, 0.25) is 0 Å². The zero-order valence-electron chi connectivity index (χ0n) is 17.6. The number of benzene rings is 1. The van der Waals surface area contributed by atoms with Crippen molar-refractivity contribution in [3.05, 3.63) is 52.2 Å². The van der Waals surface area contributed by atoms with Gasteiger partial charge in [-0.3, -0.25) is 19.4 Å². The summed E-state index contributed by atoms with van der Waals surface area (Å²) >= 11 is 1.41. The van der Waals surface area contributed by atoms with Gasteiger partial charge in [-0.05, 0) is 36.9 Å². The molecule has 2 aliphatic heterocycles. The molecule has 1 aromatic heterocycles. The van der Waals surface area contributed by atoms with Crippen molar-refractivity contribution in [3.8, 4) is 0 Å². The first kappa shape index (κ1) is 22.6. The standard InChI is InChI=1S/C21H24N4O5S2/c1-16-5-7-18(8-6-16)32(29,30)23-10-3-9-22(11-12-23)15-25-20(27)19(26)24(21(25)28)14-17-4-2-13-31-17/h2,4-8,13H,3,9-12,14-15H2,1H3. The Balaban J connectivity index is 1.40. The highest BCUT2D eigenvalue weighted by atomic mass is 32.2. The van der Waals surface area contributed by atoms with Gasteiger partial charge >= 0.3 is 17.8 Å². The number of carbonyl (C=O) groups excluding carboxylic acids is 3. The number of nitrogens with zero attached hydrogens (tertiary/aromatic N) is 4. The second kappa shape index (κ2) is 9.10. The van der Waals surface area contributed by atoms with Crippen molar-refractivity contribution in [2.24, 2.45) is 0 Å². The molecule has 11 heteroatoms. The third-order valence-corrected chi connectivity index (χ3v) is 8.35.